The first-order chi connectivity index (χ1) is 8.33. The molecule has 2 fully saturated rings. The summed E-state index contributed by atoms with van der Waals surface area (Å²) in [5.41, 5.74) is -0.806. The van der Waals surface area contributed by atoms with Gasteiger partial charge in [0.25, 0.3) is 0 Å². The van der Waals surface area contributed by atoms with Gasteiger partial charge in [-0.25, -0.2) is 8.42 Å². The molecule has 0 radical (unpaired) electrons. The lowest BCUT2D eigenvalue weighted by Crippen LogP contribution is -2.66. The molecule has 2 aliphatic rings. The molecular weight excluding hydrogens is 250 g/mol. The number of nitrogens with zero attached hydrogens (tertiary/aromatic N) is 1. The van der Waals surface area contributed by atoms with Gasteiger partial charge < -0.3 is 5.11 Å². The van der Waals surface area contributed by atoms with Gasteiger partial charge in [-0.3, -0.25) is 0 Å². The third kappa shape index (κ3) is 2.89. The second kappa shape index (κ2) is 5.10. The number of β-amino-alcohol motifs (C(OH)–C–C–N with tert-alkyl or cyclic N) is 1. The molecule has 0 bridgehead atoms. The van der Waals surface area contributed by atoms with E-state index in [2.05, 4.69) is 0 Å². The van der Waals surface area contributed by atoms with Crippen molar-refractivity contribution in [2.24, 2.45) is 11.8 Å². The van der Waals surface area contributed by atoms with Crippen LogP contribution >= 0.6 is 0 Å². The molecule has 1 saturated heterocycles. The van der Waals surface area contributed by atoms with Crippen LogP contribution < -0.4 is 0 Å². The molecule has 0 spiro atoms. The maximum atomic E-state index is 12.2. The Balaban J connectivity index is 1.89. The molecule has 0 unspecified atom stereocenters. The monoisotopic (exact) mass is 275 g/mol. The SMILES string of the molecule is CC(C)C1(O)CN(S(=O)(=O)CC2CCCCC2)C1. The number of sulfonamides is 1. The van der Waals surface area contributed by atoms with E-state index in [1.807, 2.05) is 13.8 Å². The molecule has 0 aromatic rings. The lowest BCUT2D eigenvalue weighted by Gasteiger charge is -2.48. The Morgan fingerprint density at radius 1 is 1.22 bits per heavy atom. The Bertz CT molecular complexity index is 379. The van der Waals surface area contributed by atoms with Crippen LogP contribution in [0.5, 0.6) is 0 Å². The molecule has 2 rings (SSSR count). The average molecular weight is 275 g/mol. The van der Waals surface area contributed by atoms with Crippen LogP contribution in [0.25, 0.3) is 0 Å². The Morgan fingerprint density at radius 3 is 2.28 bits per heavy atom. The van der Waals surface area contributed by atoms with Crippen molar-refractivity contribution >= 4 is 10.0 Å². The first kappa shape index (κ1) is 14.3. The van der Waals surface area contributed by atoms with E-state index in [-0.39, 0.29) is 24.8 Å². The fourth-order valence-electron chi connectivity index (χ4n) is 2.88. The molecule has 1 heterocycles. The van der Waals surface area contributed by atoms with Gasteiger partial charge in [0.2, 0.25) is 10.0 Å². The highest BCUT2D eigenvalue weighted by atomic mass is 32.2. The minimum Gasteiger partial charge on any atom is -0.387 e. The highest BCUT2D eigenvalue weighted by Gasteiger charge is 2.48. The predicted octanol–water partition coefficient (Wildman–Crippen LogP) is 1.60. The number of aliphatic hydroxyl groups is 1. The van der Waals surface area contributed by atoms with E-state index in [0.29, 0.717) is 5.92 Å². The van der Waals surface area contributed by atoms with Crippen molar-refractivity contribution in [3.05, 3.63) is 0 Å². The van der Waals surface area contributed by atoms with Gasteiger partial charge >= 0.3 is 0 Å². The third-order valence-corrected chi connectivity index (χ3v) is 6.48. The molecule has 1 saturated carbocycles. The lowest BCUT2D eigenvalue weighted by molar-refractivity contribution is -0.0933. The predicted molar refractivity (Wildman–Crippen MR) is 71.7 cm³/mol. The minimum absolute atomic E-state index is 0.110. The van der Waals surface area contributed by atoms with Crippen LogP contribution in [-0.4, -0.2) is 42.3 Å². The van der Waals surface area contributed by atoms with Crippen LogP contribution in [-0.2, 0) is 10.0 Å². The summed E-state index contributed by atoms with van der Waals surface area (Å²) in [7, 11) is -3.15. The fourth-order valence-corrected chi connectivity index (χ4v) is 4.86. The minimum atomic E-state index is -3.15. The summed E-state index contributed by atoms with van der Waals surface area (Å²) < 4.78 is 25.9. The summed E-state index contributed by atoms with van der Waals surface area (Å²) in [6.45, 7) is 4.43. The molecule has 1 aliphatic carbocycles. The molecule has 0 aromatic carbocycles. The molecular formula is C13H25NO3S. The summed E-state index contributed by atoms with van der Waals surface area (Å²) in [5.74, 6) is 0.719. The molecule has 5 heteroatoms. The number of hydrogen-bond acceptors (Lipinski definition) is 3. The summed E-state index contributed by atoms with van der Waals surface area (Å²) >= 11 is 0. The second-order valence-electron chi connectivity index (χ2n) is 6.31. The average Bonchev–Trinajstić information content (AvgIpc) is 2.25. The summed E-state index contributed by atoms with van der Waals surface area (Å²) in [6.07, 6.45) is 5.66. The Hall–Kier alpha value is -0.130. The lowest BCUT2D eigenvalue weighted by atomic mass is 9.85. The van der Waals surface area contributed by atoms with Gasteiger partial charge in [0.15, 0.2) is 0 Å². The van der Waals surface area contributed by atoms with E-state index in [1.54, 1.807) is 0 Å². The largest absolute Gasteiger partial charge is 0.387 e. The van der Waals surface area contributed by atoms with Crippen molar-refractivity contribution in [2.75, 3.05) is 18.8 Å². The third-order valence-electron chi connectivity index (χ3n) is 4.54. The molecule has 106 valence electrons. The van der Waals surface area contributed by atoms with Gasteiger partial charge in [0.05, 0.1) is 11.4 Å². The molecule has 1 aliphatic heterocycles. The summed E-state index contributed by atoms with van der Waals surface area (Å²) in [4.78, 5) is 0. The van der Waals surface area contributed by atoms with Crippen LogP contribution in [0.2, 0.25) is 0 Å². The van der Waals surface area contributed by atoms with Gasteiger partial charge in [0, 0.05) is 13.1 Å². The molecule has 18 heavy (non-hydrogen) atoms. The normalized spacial score (nSPS) is 26.2. The van der Waals surface area contributed by atoms with Gasteiger partial charge in [-0.2, -0.15) is 4.31 Å². The Labute approximate surface area is 110 Å². The fraction of sp³-hybridized carbons (Fsp3) is 1.00. The van der Waals surface area contributed by atoms with Crippen molar-refractivity contribution in [3.8, 4) is 0 Å². The molecule has 1 N–H and O–H groups in total. The van der Waals surface area contributed by atoms with E-state index in [9.17, 15) is 13.5 Å². The van der Waals surface area contributed by atoms with Crippen LogP contribution in [0.3, 0.4) is 0 Å². The maximum Gasteiger partial charge on any atom is 0.214 e. The van der Waals surface area contributed by atoms with Crippen molar-refractivity contribution in [2.45, 2.75) is 51.6 Å². The molecule has 0 atom stereocenters. The van der Waals surface area contributed by atoms with Crippen molar-refractivity contribution in [1.82, 2.24) is 4.31 Å². The quantitative estimate of drug-likeness (QED) is 0.848. The Kier molecular flexibility index (Phi) is 4.04. The first-order valence-electron chi connectivity index (χ1n) is 7.04. The van der Waals surface area contributed by atoms with Crippen LogP contribution in [0, 0.1) is 11.8 Å². The smallest absolute Gasteiger partial charge is 0.214 e. The van der Waals surface area contributed by atoms with Gasteiger partial charge in [-0.05, 0) is 24.7 Å². The van der Waals surface area contributed by atoms with Crippen molar-refractivity contribution in [3.63, 3.8) is 0 Å². The van der Waals surface area contributed by atoms with Gasteiger partial charge in [-0.1, -0.05) is 33.1 Å². The van der Waals surface area contributed by atoms with Crippen molar-refractivity contribution < 1.29 is 13.5 Å². The highest BCUT2D eigenvalue weighted by molar-refractivity contribution is 7.89. The Morgan fingerprint density at radius 2 is 1.78 bits per heavy atom. The standard InChI is InChI=1S/C13H25NO3S/c1-11(2)13(15)9-14(10-13)18(16,17)8-12-6-4-3-5-7-12/h11-12,15H,3-10H2,1-2H3. The molecule has 4 nitrogen and oxygen atoms in total. The van der Waals surface area contributed by atoms with E-state index in [1.165, 1.54) is 10.7 Å². The van der Waals surface area contributed by atoms with E-state index in [0.717, 1.165) is 25.7 Å². The number of hydrogen-bond donors (Lipinski definition) is 1. The van der Waals surface area contributed by atoms with E-state index >= 15 is 0 Å². The van der Waals surface area contributed by atoms with Crippen LogP contribution in [0.1, 0.15) is 46.0 Å². The first-order valence-corrected chi connectivity index (χ1v) is 8.65. The van der Waals surface area contributed by atoms with Gasteiger partial charge in [-0.15, -0.1) is 0 Å². The zero-order valence-electron chi connectivity index (χ0n) is 11.4. The topological polar surface area (TPSA) is 57.6 Å². The summed E-state index contributed by atoms with van der Waals surface area (Å²) in [6, 6.07) is 0. The zero-order valence-corrected chi connectivity index (χ0v) is 12.2. The van der Waals surface area contributed by atoms with Gasteiger partial charge in [0.1, 0.15) is 0 Å². The number of rotatable bonds is 4. The maximum absolute atomic E-state index is 12.2. The summed E-state index contributed by atoms with van der Waals surface area (Å²) in [5, 5.41) is 10.1. The highest BCUT2D eigenvalue weighted by Crippen LogP contribution is 2.33. The molecule has 0 amide bonds. The zero-order chi connectivity index (χ0) is 13.4. The van der Waals surface area contributed by atoms with Crippen LogP contribution in [0.15, 0.2) is 0 Å². The van der Waals surface area contributed by atoms with E-state index in [4.69, 9.17) is 0 Å². The van der Waals surface area contributed by atoms with E-state index < -0.39 is 15.6 Å². The van der Waals surface area contributed by atoms with Crippen molar-refractivity contribution in [1.29, 1.82) is 0 Å². The molecule has 0 aromatic heterocycles. The second-order valence-corrected chi connectivity index (χ2v) is 8.32. The van der Waals surface area contributed by atoms with Crippen LogP contribution in [0.4, 0.5) is 0 Å².